The van der Waals surface area contributed by atoms with Gasteiger partial charge < -0.3 is 0 Å². The van der Waals surface area contributed by atoms with Crippen molar-refractivity contribution in [3.05, 3.63) is 26.4 Å². The van der Waals surface area contributed by atoms with Crippen LogP contribution in [0.15, 0.2) is 17.3 Å². The molecule has 0 saturated carbocycles. The van der Waals surface area contributed by atoms with E-state index in [1.807, 2.05) is 22.6 Å². The number of aryl methyl sites for hydroxylation is 1. The Kier molecular flexibility index (Phi) is 6.31. The van der Waals surface area contributed by atoms with Crippen LogP contribution in [0.25, 0.3) is 0 Å². The average molecular weight is 338 g/mol. The zero-order valence-electron chi connectivity index (χ0n) is 8.53. The van der Waals surface area contributed by atoms with Crippen molar-refractivity contribution in [3.8, 4) is 0 Å². The summed E-state index contributed by atoms with van der Waals surface area (Å²) in [5.74, 6) is 0.949. The maximum atomic E-state index is 11.6. The zero-order chi connectivity index (χ0) is 11.1. The molecule has 1 aromatic rings. The summed E-state index contributed by atoms with van der Waals surface area (Å²) in [7, 11) is 0. The fraction of sp³-hybridized carbons (Fsp3) is 0.600. The summed E-state index contributed by atoms with van der Waals surface area (Å²) < 4.78 is 2.37. The van der Waals surface area contributed by atoms with Crippen LogP contribution < -0.4 is 5.56 Å². The highest BCUT2D eigenvalue weighted by atomic mass is 127. The second-order valence-corrected chi connectivity index (χ2v) is 4.99. The van der Waals surface area contributed by atoms with Crippen LogP contribution in [0, 0.1) is 3.57 Å². The van der Waals surface area contributed by atoms with Crippen molar-refractivity contribution in [2.24, 2.45) is 0 Å². The summed E-state index contributed by atoms with van der Waals surface area (Å²) in [6, 6.07) is 0. The molecule has 3 nitrogen and oxygen atoms in total. The van der Waals surface area contributed by atoms with Crippen LogP contribution >= 0.6 is 35.2 Å². The van der Waals surface area contributed by atoms with E-state index in [0.717, 1.165) is 31.6 Å². The van der Waals surface area contributed by atoms with E-state index < -0.39 is 0 Å². The third kappa shape index (κ3) is 4.55. The molecule has 0 aromatic carbocycles. The number of aromatic nitrogens is 2. The van der Waals surface area contributed by atoms with Gasteiger partial charge in [-0.2, -0.15) is 12.6 Å². The maximum Gasteiger partial charge on any atom is 0.266 e. The molecule has 0 amide bonds. The van der Waals surface area contributed by atoms with E-state index in [9.17, 15) is 4.79 Å². The molecular formula is C10H15IN2OS. The highest BCUT2D eigenvalue weighted by Gasteiger charge is 1.99. The minimum Gasteiger partial charge on any atom is -0.298 e. The molecule has 1 rings (SSSR count). The zero-order valence-corrected chi connectivity index (χ0v) is 11.6. The Bertz CT molecular complexity index is 354. The van der Waals surface area contributed by atoms with Crippen LogP contribution in [0.4, 0.5) is 0 Å². The molecule has 0 saturated heterocycles. The SMILES string of the molecule is O=c1c(I)cncn1CCCCCCS. The molecule has 1 aromatic heterocycles. The van der Waals surface area contributed by atoms with Gasteiger partial charge in [0.25, 0.3) is 5.56 Å². The third-order valence-corrected chi connectivity index (χ3v) is 3.22. The first-order chi connectivity index (χ1) is 7.25. The molecule has 0 aliphatic carbocycles. The van der Waals surface area contributed by atoms with Gasteiger partial charge in [-0.05, 0) is 41.2 Å². The molecule has 0 fully saturated rings. The molecule has 15 heavy (non-hydrogen) atoms. The largest absolute Gasteiger partial charge is 0.298 e. The van der Waals surface area contributed by atoms with Crippen molar-refractivity contribution in [2.45, 2.75) is 32.2 Å². The van der Waals surface area contributed by atoms with Crippen molar-refractivity contribution in [2.75, 3.05) is 5.75 Å². The number of unbranched alkanes of at least 4 members (excludes halogenated alkanes) is 3. The van der Waals surface area contributed by atoms with Gasteiger partial charge in [0.2, 0.25) is 0 Å². The average Bonchev–Trinajstić information content (AvgIpc) is 2.24. The molecule has 0 unspecified atom stereocenters. The number of thiol groups is 1. The van der Waals surface area contributed by atoms with E-state index in [4.69, 9.17) is 0 Å². The Morgan fingerprint density at radius 2 is 2.07 bits per heavy atom. The van der Waals surface area contributed by atoms with Crippen LogP contribution in [-0.2, 0) is 6.54 Å². The lowest BCUT2D eigenvalue weighted by atomic mass is 10.2. The summed E-state index contributed by atoms with van der Waals surface area (Å²) in [5, 5.41) is 0. The predicted octanol–water partition coefficient (Wildman–Crippen LogP) is 2.34. The Morgan fingerprint density at radius 3 is 2.80 bits per heavy atom. The Balaban J connectivity index is 2.38. The van der Waals surface area contributed by atoms with Gasteiger partial charge in [0, 0.05) is 12.7 Å². The van der Waals surface area contributed by atoms with Gasteiger partial charge in [-0.3, -0.25) is 9.36 Å². The van der Waals surface area contributed by atoms with E-state index in [2.05, 4.69) is 17.6 Å². The lowest BCUT2D eigenvalue weighted by Gasteiger charge is -2.04. The van der Waals surface area contributed by atoms with Crippen LogP contribution in [0.3, 0.4) is 0 Å². The van der Waals surface area contributed by atoms with Gasteiger partial charge in [0.15, 0.2) is 0 Å². The van der Waals surface area contributed by atoms with Crippen molar-refractivity contribution >= 4 is 35.2 Å². The van der Waals surface area contributed by atoms with Gasteiger partial charge in [0.1, 0.15) is 0 Å². The van der Waals surface area contributed by atoms with Crippen LogP contribution in [-0.4, -0.2) is 15.3 Å². The summed E-state index contributed by atoms with van der Waals surface area (Å²) in [5.41, 5.74) is 0.0693. The second-order valence-electron chi connectivity index (χ2n) is 3.38. The number of halogens is 1. The number of hydrogen-bond acceptors (Lipinski definition) is 3. The Labute approximate surface area is 109 Å². The molecule has 0 N–H and O–H groups in total. The molecule has 0 aliphatic rings. The van der Waals surface area contributed by atoms with Crippen molar-refractivity contribution in [1.82, 2.24) is 9.55 Å². The fourth-order valence-electron chi connectivity index (χ4n) is 1.33. The van der Waals surface area contributed by atoms with Gasteiger partial charge >= 0.3 is 0 Å². The van der Waals surface area contributed by atoms with Crippen LogP contribution in [0.5, 0.6) is 0 Å². The van der Waals surface area contributed by atoms with E-state index in [-0.39, 0.29) is 5.56 Å². The normalized spacial score (nSPS) is 10.5. The number of rotatable bonds is 6. The molecule has 0 spiro atoms. The van der Waals surface area contributed by atoms with Gasteiger partial charge in [-0.1, -0.05) is 12.8 Å². The monoisotopic (exact) mass is 338 g/mol. The first-order valence-corrected chi connectivity index (χ1v) is 6.77. The second kappa shape index (κ2) is 7.27. The molecule has 1 heterocycles. The van der Waals surface area contributed by atoms with Crippen molar-refractivity contribution in [3.63, 3.8) is 0 Å². The van der Waals surface area contributed by atoms with E-state index in [1.165, 1.54) is 6.42 Å². The summed E-state index contributed by atoms with van der Waals surface area (Å²) >= 11 is 6.17. The first-order valence-electron chi connectivity index (χ1n) is 5.06. The molecule has 0 atom stereocenters. The van der Waals surface area contributed by atoms with Crippen molar-refractivity contribution in [1.29, 1.82) is 0 Å². The predicted molar refractivity (Wildman–Crippen MR) is 73.5 cm³/mol. The highest BCUT2D eigenvalue weighted by molar-refractivity contribution is 14.1. The summed E-state index contributed by atoms with van der Waals surface area (Å²) in [6.07, 6.45) is 7.75. The standard InChI is InChI=1S/C10H15IN2OS/c11-9-7-12-8-13(10(9)14)5-3-1-2-4-6-15/h7-8,15H,1-6H2. The quantitative estimate of drug-likeness (QED) is 0.491. The highest BCUT2D eigenvalue weighted by Crippen LogP contribution is 2.02. The molecule has 5 heteroatoms. The van der Waals surface area contributed by atoms with Crippen LogP contribution in [0.2, 0.25) is 0 Å². The molecule has 0 aliphatic heterocycles. The lowest BCUT2D eigenvalue weighted by molar-refractivity contribution is 0.563. The molecule has 0 bridgehead atoms. The molecule has 0 radical (unpaired) electrons. The van der Waals surface area contributed by atoms with Crippen LogP contribution in [0.1, 0.15) is 25.7 Å². The topological polar surface area (TPSA) is 34.9 Å². The van der Waals surface area contributed by atoms with E-state index in [0.29, 0.717) is 3.57 Å². The Hall–Kier alpha value is -0.0400. The summed E-state index contributed by atoms with van der Waals surface area (Å²) in [4.78, 5) is 15.6. The van der Waals surface area contributed by atoms with E-state index in [1.54, 1.807) is 17.1 Å². The van der Waals surface area contributed by atoms with Gasteiger partial charge in [-0.25, -0.2) is 4.98 Å². The third-order valence-electron chi connectivity index (χ3n) is 2.17. The van der Waals surface area contributed by atoms with Crippen molar-refractivity contribution < 1.29 is 0 Å². The maximum absolute atomic E-state index is 11.6. The minimum atomic E-state index is 0.0693. The Morgan fingerprint density at radius 1 is 1.33 bits per heavy atom. The van der Waals surface area contributed by atoms with Gasteiger partial charge in [0.05, 0.1) is 9.90 Å². The summed E-state index contributed by atoms with van der Waals surface area (Å²) in [6.45, 7) is 0.773. The lowest BCUT2D eigenvalue weighted by Crippen LogP contribution is -2.22. The number of hydrogen-bond donors (Lipinski definition) is 1. The molecule has 84 valence electrons. The number of nitrogens with zero attached hydrogens (tertiary/aromatic N) is 2. The smallest absolute Gasteiger partial charge is 0.266 e. The molecular weight excluding hydrogens is 323 g/mol. The fourth-order valence-corrected chi connectivity index (χ4v) is 2.03. The first kappa shape index (κ1) is 13.0. The van der Waals surface area contributed by atoms with Gasteiger partial charge in [-0.15, -0.1) is 0 Å². The van der Waals surface area contributed by atoms with E-state index >= 15 is 0 Å². The minimum absolute atomic E-state index is 0.0693.